The number of amides is 1. The van der Waals surface area contributed by atoms with E-state index in [9.17, 15) is 9.59 Å². The first-order chi connectivity index (χ1) is 12.8. The molecule has 2 rings (SSSR count). The molecule has 0 aliphatic carbocycles. The smallest absolute Gasteiger partial charge is 0.344 e. The van der Waals surface area contributed by atoms with Crippen LogP contribution in [0.25, 0.3) is 0 Å². The Kier molecular flexibility index (Phi) is 7.86. The fraction of sp³-hybridized carbons (Fsp3) is 0.176. The zero-order chi connectivity index (χ0) is 20.0. The fourth-order valence-corrected chi connectivity index (χ4v) is 2.76. The molecule has 0 aliphatic heterocycles. The molecule has 2 aromatic rings. The Hall–Kier alpha value is -1.86. The quantitative estimate of drug-likeness (QED) is 0.479. The molecule has 144 valence electrons. The van der Waals surface area contributed by atoms with E-state index in [1.807, 2.05) is 0 Å². The summed E-state index contributed by atoms with van der Waals surface area (Å²) in [6, 6.07) is 7.97. The average Bonchev–Trinajstić information content (AvgIpc) is 2.67. The second-order valence-electron chi connectivity index (χ2n) is 5.02. The Bertz CT molecular complexity index is 816. The number of hydrogen-bond donors (Lipinski definition) is 1. The molecule has 0 aliphatic rings. The van der Waals surface area contributed by atoms with Crippen molar-refractivity contribution < 1.29 is 23.8 Å². The SMILES string of the molecule is COc1ccc(OCC(=O)OCC(=O)Nc2c(Cl)c(Cl)cc(Cl)c2Cl)cc1. The van der Waals surface area contributed by atoms with Crippen molar-refractivity contribution in [2.75, 3.05) is 25.6 Å². The lowest BCUT2D eigenvalue weighted by molar-refractivity contribution is -0.149. The number of hydrogen-bond acceptors (Lipinski definition) is 5. The van der Waals surface area contributed by atoms with E-state index >= 15 is 0 Å². The number of benzene rings is 2. The maximum atomic E-state index is 11.9. The number of esters is 1. The highest BCUT2D eigenvalue weighted by molar-refractivity contribution is 6.50. The van der Waals surface area contributed by atoms with E-state index in [1.54, 1.807) is 24.3 Å². The van der Waals surface area contributed by atoms with E-state index in [0.29, 0.717) is 11.5 Å². The minimum absolute atomic E-state index is 0.0218. The summed E-state index contributed by atoms with van der Waals surface area (Å²) < 4.78 is 15.1. The van der Waals surface area contributed by atoms with Gasteiger partial charge in [0.1, 0.15) is 11.5 Å². The van der Waals surface area contributed by atoms with Gasteiger partial charge in [-0.15, -0.1) is 0 Å². The summed E-state index contributed by atoms with van der Waals surface area (Å²) >= 11 is 23.7. The van der Waals surface area contributed by atoms with Crippen LogP contribution >= 0.6 is 46.4 Å². The molecule has 0 saturated heterocycles. The fourth-order valence-electron chi connectivity index (χ4n) is 1.86. The molecule has 27 heavy (non-hydrogen) atoms. The van der Waals surface area contributed by atoms with Gasteiger partial charge in [-0.2, -0.15) is 0 Å². The normalized spacial score (nSPS) is 10.3. The monoisotopic (exact) mass is 451 g/mol. The Morgan fingerprint density at radius 1 is 0.926 bits per heavy atom. The van der Waals surface area contributed by atoms with Crippen LogP contribution in [-0.2, 0) is 14.3 Å². The van der Waals surface area contributed by atoms with Crippen molar-refractivity contribution in [3.63, 3.8) is 0 Å². The molecular formula is C17H13Cl4NO5. The molecule has 0 fully saturated rings. The molecule has 0 unspecified atom stereocenters. The summed E-state index contributed by atoms with van der Waals surface area (Å²) in [5, 5.41) is 2.68. The van der Waals surface area contributed by atoms with Crippen LogP contribution in [0.2, 0.25) is 20.1 Å². The molecule has 10 heteroatoms. The van der Waals surface area contributed by atoms with E-state index < -0.39 is 18.5 Å². The zero-order valence-corrected chi connectivity index (χ0v) is 16.9. The second-order valence-corrected chi connectivity index (χ2v) is 6.59. The van der Waals surface area contributed by atoms with Gasteiger partial charge in [0.05, 0.1) is 32.9 Å². The van der Waals surface area contributed by atoms with Gasteiger partial charge in [0.15, 0.2) is 13.2 Å². The molecule has 0 atom stereocenters. The van der Waals surface area contributed by atoms with E-state index in [-0.39, 0.29) is 32.4 Å². The van der Waals surface area contributed by atoms with Gasteiger partial charge in [-0.3, -0.25) is 4.79 Å². The number of carbonyl (C=O) groups is 2. The van der Waals surface area contributed by atoms with Crippen molar-refractivity contribution in [3.05, 3.63) is 50.4 Å². The van der Waals surface area contributed by atoms with Crippen molar-refractivity contribution in [3.8, 4) is 11.5 Å². The standard InChI is InChI=1S/C17H13Cl4NO5/c1-25-9-2-4-10(5-3-9)26-8-14(24)27-7-13(23)22-17-15(20)11(18)6-12(19)16(17)21/h2-6H,7-8H2,1H3,(H,22,23). The van der Waals surface area contributed by atoms with Gasteiger partial charge in [0.2, 0.25) is 0 Å². The lowest BCUT2D eigenvalue weighted by Crippen LogP contribution is -2.24. The third kappa shape index (κ3) is 6.07. The van der Waals surface area contributed by atoms with Crippen molar-refractivity contribution >= 4 is 64.0 Å². The Balaban J connectivity index is 1.84. The van der Waals surface area contributed by atoms with Gasteiger partial charge in [-0.25, -0.2) is 4.79 Å². The van der Waals surface area contributed by atoms with E-state index in [4.69, 9.17) is 60.6 Å². The topological polar surface area (TPSA) is 73.9 Å². The van der Waals surface area contributed by atoms with E-state index in [2.05, 4.69) is 5.32 Å². The summed E-state index contributed by atoms with van der Waals surface area (Å²) in [5.41, 5.74) is 0.0337. The molecule has 2 aromatic carbocycles. The Morgan fingerprint density at radius 3 is 2.04 bits per heavy atom. The summed E-state index contributed by atoms with van der Waals surface area (Å²) in [4.78, 5) is 23.6. The van der Waals surface area contributed by atoms with Gasteiger partial charge < -0.3 is 19.5 Å². The molecule has 0 bridgehead atoms. The summed E-state index contributed by atoms with van der Waals surface area (Å²) in [7, 11) is 1.54. The lowest BCUT2D eigenvalue weighted by atomic mass is 10.3. The first-order valence-corrected chi connectivity index (χ1v) is 8.88. The third-order valence-electron chi connectivity index (χ3n) is 3.16. The van der Waals surface area contributed by atoms with Crippen LogP contribution in [0.3, 0.4) is 0 Å². The maximum absolute atomic E-state index is 11.9. The Labute approximate surface area is 175 Å². The zero-order valence-electron chi connectivity index (χ0n) is 13.9. The number of rotatable bonds is 7. The highest BCUT2D eigenvalue weighted by Gasteiger charge is 2.17. The van der Waals surface area contributed by atoms with Gasteiger partial charge >= 0.3 is 5.97 Å². The molecule has 1 amide bonds. The number of halogens is 4. The largest absolute Gasteiger partial charge is 0.497 e. The van der Waals surface area contributed by atoms with Gasteiger partial charge in [-0.1, -0.05) is 46.4 Å². The molecule has 0 heterocycles. The van der Waals surface area contributed by atoms with Gasteiger partial charge in [0.25, 0.3) is 5.91 Å². The van der Waals surface area contributed by atoms with Crippen LogP contribution in [0.15, 0.2) is 30.3 Å². The van der Waals surface area contributed by atoms with Crippen LogP contribution in [-0.4, -0.2) is 32.2 Å². The molecule has 1 N–H and O–H groups in total. The second kappa shape index (κ2) is 9.90. The number of ether oxygens (including phenoxy) is 3. The Morgan fingerprint density at radius 2 is 1.48 bits per heavy atom. The molecule has 0 aromatic heterocycles. The van der Waals surface area contributed by atoms with Crippen molar-refractivity contribution in [1.82, 2.24) is 0 Å². The summed E-state index contributed by atoms with van der Waals surface area (Å²) in [6.45, 7) is -0.939. The maximum Gasteiger partial charge on any atom is 0.344 e. The van der Waals surface area contributed by atoms with Gasteiger partial charge in [0, 0.05) is 0 Å². The van der Waals surface area contributed by atoms with Crippen LogP contribution in [0, 0.1) is 0 Å². The number of carbonyl (C=O) groups excluding carboxylic acids is 2. The molecule has 0 spiro atoms. The summed E-state index contributed by atoms with van der Waals surface area (Å²) in [5.74, 6) is -0.304. The van der Waals surface area contributed by atoms with Crippen LogP contribution < -0.4 is 14.8 Å². The van der Waals surface area contributed by atoms with E-state index in [0.717, 1.165) is 0 Å². The first kappa shape index (κ1) is 21.4. The minimum atomic E-state index is -0.734. The average molecular weight is 453 g/mol. The predicted molar refractivity (Wildman–Crippen MR) is 105 cm³/mol. The van der Waals surface area contributed by atoms with Crippen LogP contribution in [0.5, 0.6) is 11.5 Å². The van der Waals surface area contributed by atoms with Crippen molar-refractivity contribution in [2.24, 2.45) is 0 Å². The molecule has 0 radical (unpaired) electrons. The highest BCUT2D eigenvalue weighted by Crippen LogP contribution is 2.40. The number of anilines is 1. The third-order valence-corrected chi connectivity index (χ3v) is 4.73. The van der Waals surface area contributed by atoms with Gasteiger partial charge in [-0.05, 0) is 30.3 Å². The molecular weight excluding hydrogens is 440 g/mol. The number of methoxy groups -OCH3 is 1. The lowest BCUT2D eigenvalue weighted by Gasteiger charge is -2.12. The van der Waals surface area contributed by atoms with Crippen LogP contribution in [0.4, 0.5) is 5.69 Å². The van der Waals surface area contributed by atoms with Crippen LogP contribution in [0.1, 0.15) is 0 Å². The van der Waals surface area contributed by atoms with E-state index in [1.165, 1.54) is 13.2 Å². The predicted octanol–water partition coefficient (Wildman–Crippen LogP) is 4.87. The molecule has 0 saturated carbocycles. The highest BCUT2D eigenvalue weighted by atomic mass is 35.5. The minimum Gasteiger partial charge on any atom is -0.497 e. The first-order valence-electron chi connectivity index (χ1n) is 7.37. The molecule has 6 nitrogen and oxygen atoms in total. The number of nitrogens with one attached hydrogen (secondary N) is 1. The van der Waals surface area contributed by atoms with Crippen molar-refractivity contribution in [2.45, 2.75) is 0 Å². The van der Waals surface area contributed by atoms with Crippen molar-refractivity contribution in [1.29, 1.82) is 0 Å². The summed E-state index contributed by atoms with van der Waals surface area (Å²) in [6.07, 6.45) is 0.